The molecule has 0 amide bonds. The lowest BCUT2D eigenvalue weighted by molar-refractivity contribution is -0.198. The van der Waals surface area contributed by atoms with Crippen LogP contribution >= 0.6 is 0 Å². The third kappa shape index (κ3) is 5.16. The van der Waals surface area contributed by atoms with E-state index >= 15 is 0 Å². The maximum absolute atomic E-state index is 6.99. The summed E-state index contributed by atoms with van der Waals surface area (Å²) >= 11 is 0. The molecule has 0 saturated heterocycles. The molecule has 4 heteroatoms. The smallest absolute Gasteiger partial charge is 0.187 e. The molecule has 0 radical (unpaired) electrons. The Morgan fingerprint density at radius 3 is 1.48 bits per heavy atom. The van der Waals surface area contributed by atoms with Gasteiger partial charge in [-0.05, 0) is 59.7 Å². The van der Waals surface area contributed by atoms with Gasteiger partial charge in [-0.15, -0.1) is 0 Å². The van der Waals surface area contributed by atoms with Crippen LogP contribution in [0.25, 0.3) is 0 Å². The molecule has 0 bridgehead atoms. The molecular weight excluding hydrogens is 316 g/mol. The molecule has 2 nitrogen and oxygen atoms in total. The Morgan fingerprint density at radius 2 is 1.17 bits per heavy atom. The largest absolute Gasteiger partial charge is 0.410 e. The third-order valence-corrected chi connectivity index (χ3v) is 14.5. The van der Waals surface area contributed by atoms with E-state index in [1.807, 2.05) is 0 Å². The van der Waals surface area contributed by atoms with E-state index in [0.29, 0.717) is 0 Å². The van der Waals surface area contributed by atoms with Crippen LogP contribution in [0.5, 0.6) is 0 Å². The van der Waals surface area contributed by atoms with Gasteiger partial charge < -0.3 is 9.16 Å². The van der Waals surface area contributed by atoms with Gasteiger partial charge in [0.25, 0.3) is 0 Å². The van der Waals surface area contributed by atoms with Crippen molar-refractivity contribution >= 4 is 16.4 Å². The molecule has 0 spiro atoms. The van der Waals surface area contributed by atoms with Crippen LogP contribution in [0.3, 0.4) is 0 Å². The van der Waals surface area contributed by atoms with E-state index in [9.17, 15) is 0 Å². The fourth-order valence-electron chi connectivity index (χ4n) is 3.28. The maximum atomic E-state index is 6.99. The second-order valence-corrected chi connectivity index (χ2v) is 19.4. The lowest BCUT2D eigenvalue weighted by Crippen LogP contribution is -2.64. The molecule has 140 valence electrons. The van der Waals surface area contributed by atoms with Gasteiger partial charge in [-0.25, -0.2) is 0 Å². The summed E-state index contributed by atoms with van der Waals surface area (Å²) in [6.45, 7) is 27.7. The maximum Gasteiger partial charge on any atom is 0.187 e. The minimum absolute atomic E-state index is 0.0632. The van der Waals surface area contributed by atoms with Crippen molar-refractivity contribution in [1.82, 2.24) is 0 Å². The first-order valence-electron chi connectivity index (χ1n) is 9.56. The monoisotopic (exact) mass is 360 g/mol. The summed E-state index contributed by atoms with van der Waals surface area (Å²) in [6.07, 6.45) is 1.98. The highest BCUT2D eigenvalue weighted by molar-refractivity contribution is 6.80. The summed E-state index contributed by atoms with van der Waals surface area (Å²) in [4.78, 5) is 0. The minimum atomic E-state index is -1.65. The highest BCUT2D eigenvalue weighted by Gasteiger charge is 2.52. The van der Waals surface area contributed by atoms with E-state index in [-0.39, 0.29) is 16.4 Å². The highest BCUT2D eigenvalue weighted by atomic mass is 28.4. The molecule has 0 aliphatic heterocycles. The highest BCUT2D eigenvalue weighted by Crippen LogP contribution is 2.43. The fraction of sp³-hybridized carbons (Fsp3) is 1.00. The van der Waals surface area contributed by atoms with Crippen molar-refractivity contribution in [2.75, 3.05) is 0 Å². The molecule has 0 aromatic carbocycles. The van der Waals surface area contributed by atoms with Crippen LogP contribution in [0.4, 0.5) is 0 Å². The SMILES string of the molecule is CCC(CC)(OC(C)(C)[Si](C)(C)CC)C(C)(C)O[Si](C)(C)CC. The third-order valence-electron chi connectivity index (χ3n) is 6.59. The van der Waals surface area contributed by atoms with E-state index in [1.165, 1.54) is 6.04 Å². The van der Waals surface area contributed by atoms with Crippen LogP contribution < -0.4 is 0 Å². The van der Waals surface area contributed by atoms with Gasteiger partial charge >= 0.3 is 0 Å². The van der Waals surface area contributed by atoms with Gasteiger partial charge in [-0.1, -0.05) is 46.8 Å². The Labute approximate surface area is 148 Å². The van der Waals surface area contributed by atoms with Gasteiger partial charge in [0.15, 0.2) is 8.32 Å². The van der Waals surface area contributed by atoms with Gasteiger partial charge in [0, 0.05) is 0 Å². The van der Waals surface area contributed by atoms with Crippen molar-refractivity contribution in [3.8, 4) is 0 Å². The first kappa shape index (κ1) is 23.4. The summed E-state index contributed by atoms with van der Waals surface area (Å²) in [5.41, 5.74) is -0.493. The van der Waals surface area contributed by atoms with Gasteiger partial charge in [-0.2, -0.15) is 0 Å². The number of rotatable bonds is 10. The van der Waals surface area contributed by atoms with Crippen molar-refractivity contribution in [1.29, 1.82) is 0 Å². The van der Waals surface area contributed by atoms with Crippen molar-refractivity contribution in [2.24, 2.45) is 0 Å². The summed E-state index contributed by atoms with van der Waals surface area (Å²) in [6, 6.07) is 2.37. The standard InChI is InChI=1S/C19H44O2Si2/c1-13-19(14-2,17(5,6)21-23(11,12)16-4)20-18(7,8)22(9,10)15-3/h13-16H2,1-12H3. The number of hydrogen-bond donors (Lipinski definition) is 0. The minimum Gasteiger partial charge on any atom is -0.410 e. The first-order chi connectivity index (χ1) is 10.2. The van der Waals surface area contributed by atoms with Crippen LogP contribution in [0, 0.1) is 0 Å². The quantitative estimate of drug-likeness (QED) is 0.407. The van der Waals surface area contributed by atoms with E-state index in [0.717, 1.165) is 18.9 Å². The average molecular weight is 361 g/mol. The lowest BCUT2D eigenvalue weighted by Gasteiger charge is -2.54. The molecular formula is C19H44O2Si2. The fourth-order valence-corrected chi connectivity index (χ4v) is 6.31. The topological polar surface area (TPSA) is 18.5 Å². The van der Waals surface area contributed by atoms with Gasteiger partial charge in [0.05, 0.1) is 24.5 Å². The predicted molar refractivity (Wildman–Crippen MR) is 110 cm³/mol. The molecule has 0 fully saturated rings. The van der Waals surface area contributed by atoms with Crippen LogP contribution in [0.2, 0.25) is 38.3 Å². The van der Waals surface area contributed by atoms with E-state index < -0.39 is 16.4 Å². The molecule has 0 aromatic heterocycles. The summed E-state index contributed by atoms with van der Waals surface area (Å²) in [5, 5.41) is -0.0632. The first-order valence-corrected chi connectivity index (χ1v) is 15.9. The molecule has 0 aliphatic rings. The predicted octanol–water partition coefficient (Wildman–Crippen LogP) is 6.63. The summed E-state index contributed by atoms with van der Waals surface area (Å²) in [7, 11) is -3.11. The Morgan fingerprint density at radius 1 is 0.739 bits per heavy atom. The molecule has 0 aromatic rings. The molecule has 0 unspecified atom stereocenters. The van der Waals surface area contributed by atoms with Crippen LogP contribution in [0.1, 0.15) is 68.2 Å². The average Bonchev–Trinajstić information content (AvgIpc) is 2.43. The van der Waals surface area contributed by atoms with Gasteiger partial charge in [-0.3, -0.25) is 0 Å². The number of hydrogen-bond acceptors (Lipinski definition) is 2. The Kier molecular flexibility index (Phi) is 7.83. The lowest BCUT2D eigenvalue weighted by atomic mass is 9.81. The summed E-state index contributed by atoms with van der Waals surface area (Å²) in [5.74, 6) is 0. The van der Waals surface area contributed by atoms with Crippen LogP contribution in [-0.2, 0) is 9.16 Å². The Hall–Kier alpha value is 0.354. The second kappa shape index (κ2) is 7.71. The number of ether oxygens (including phenoxy) is 1. The molecule has 0 aliphatic carbocycles. The molecule has 0 rings (SSSR count). The van der Waals surface area contributed by atoms with Crippen molar-refractivity contribution in [2.45, 2.75) is 123 Å². The van der Waals surface area contributed by atoms with E-state index in [2.05, 4.69) is 81.6 Å². The second-order valence-electron chi connectivity index (χ2n) is 9.28. The molecule has 0 heterocycles. The Bertz CT molecular complexity index is 370. The van der Waals surface area contributed by atoms with Crippen LogP contribution in [0.15, 0.2) is 0 Å². The normalized spacial score (nSPS) is 15.1. The molecule has 0 N–H and O–H groups in total. The molecule has 23 heavy (non-hydrogen) atoms. The Balaban J connectivity index is 5.75. The zero-order valence-electron chi connectivity index (χ0n) is 18.1. The van der Waals surface area contributed by atoms with Crippen LogP contribution in [-0.4, -0.2) is 32.8 Å². The van der Waals surface area contributed by atoms with E-state index in [4.69, 9.17) is 9.16 Å². The molecule has 0 saturated carbocycles. The van der Waals surface area contributed by atoms with Crippen molar-refractivity contribution < 1.29 is 9.16 Å². The van der Waals surface area contributed by atoms with Gasteiger partial charge in [0.2, 0.25) is 0 Å². The zero-order valence-corrected chi connectivity index (χ0v) is 20.1. The van der Waals surface area contributed by atoms with Gasteiger partial charge in [0.1, 0.15) is 0 Å². The van der Waals surface area contributed by atoms with Crippen molar-refractivity contribution in [3.63, 3.8) is 0 Å². The summed E-state index contributed by atoms with van der Waals surface area (Å²) < 4.78 is 13.7. The van der Waals surface area contributed by atoms with Crippen molar-refractivity contribution in [3.05, 3.63) is 0 Å². The van der Waals surface area contributed by atoms with E-state index in [1.54, 1.807) is 0 Å². The molecule has 0 atom stereocenters. The zero-order chi connectivity index (χ0) is 18.7.